The molecule has 140 valence electrons. The molecule has 5 nitrogen and oxygen atoms in total. The number of aromatic nitrogens is 1. The molecule has 0 radical (unpaired) electrons. The molecule has 5 rings (SSSR count). The van der Waals surface area contributed by atoms with E-state index in [0.29, 0.717) is 6.79 Å². The van der Waals surface area contributed by atoms with Crippen LogP contribution in [0.2, 0.25) is 0 Å². The van der Waals surface area contributed by atoms with Gasteiger partial charge < -0.3 is 18.9 Å². The highest BCUT2D eigenvalue weighted by molar-refractivity contribution is 5.91. The van der Waals surface area contributed by atoms with Gasteiger partial charge in [-0.15, -0.1) is 0 Å². The fourth-order valence-electron chi connectivity index (χ4n) is 3.77. The molecular weight excluding hydrogens is 342 g/mol. The number of fused-ring (bicyclic) bond motifs is 5. The highest BCUT2D eigenvalue weighted by Gasteiger charge is 2.28. The lowest BCUT2D eigenvalue weighted by Gasteiger charge is -2.17. The van der Waals surface area contributed by atoms with Gasteiger partial charge in [0.15, 0.2) is 35.7 Å². The van der Waals surface area contributed by atoms with Crippen LogP contribution in [-0.4, -0.2) is 21.0 Å². The van der Waals surface area contributed by atoms with Crippen LogP contribution in [0.3, 0.4) is 0 Å². The summed E-state index contributed by atoms with van der Waals surface area (Å²) >= 11 is 0. The second kappa shape index (κ2) is 6.99. The highest BCUT2D eigenvalue weighted by Crippen LogP contribution is 2.41. The monoisotopic (exact) mass is 366 g/mol. The van der Waals surface area contributed by atoms with Crippen molar-refractivity contribution < 1.29 is 23.5 Å². The zero-order chi connectivity index (χ0) is 19.0. The molecule has 0 spiro atoms. The van der Waals surface area contributed by atoms with Gasteiger partial charge in [0.1, 0.15) is 0 Å². The Labute approximate surface area is 159 Å². The number of pyridine rings is 1. The number of ether oxygens (including phenoxy) is 4. The summed E-state index contributed by atoms with van der Waals surface area (Å²) in [5.74, 6) is 3.18. The van der Waals surface area contributed by atoms with Crippen LogP contribution < -0.4 is 23.5 Å². The first-order valence-electron chi connectivity index (χ1n) is 9.29. The summed E-state index contributed by atoms with van der Waals surface area (Å²) in [7, 11) is 3.34. The van der Waals surface area contributed by atoms with Crippen LogP contribution in [0, 0.1) is 0 Å². The van der Waals surface area contributed by atoms with Crippen molar-refractivity contribution in [3.63, 3.8) is 0 Å². The van der Waals surface area contributed by atoms with Crippen molar-refractivity contribution >= 4 is 10.8 Å². The molecule has 27 heavy (non-hydrogen) atoms. The summed E-state index contributed by atoms with van der Waals surface area (Å²) in [6, 6.07) is 10.4. The normalized spacial score (nSPS) is 13.3. The Kier molecular flexibility index (Phi) is 4.52. The zero-order valence-electron chi connectivity index (χ0n) is 16.2. The van der Waals surface area contributed by atoms with E-state index < -0.39 is 0 Å². The fourth-order valence-corrected chi connectivity index (χ4v) is 3.77. The number of methoxy groups -OCH3 is 2. The van der Waals surface area contributed by atoms with Gasteiger partial charge in [-0.3, -0.25) is 0 Å². The Morgan fingerprint density at radius 2 is 1.74 bits per heavy atom. The number of hydrogen-bond acceptors (Lipinski definition) is 4. The molecule has 0 fully saturated rings. The van der Waals surface area contributed by atoms with Crippen molar-refractivity contribution in [1.82, 2.24) is 0 Å². The topological polar surface area (TPSA) is 40.8 Å². The predicted octanol–water partition coefficient (Wildman–Crippen LogP) is 4.12. The van der Waals surface area contributed by atoms with Gasteiger partial charge in [-0.1, -0.05) is 13.8 Å². The Morgan fingerprint density at radius 1 is 0.963 bits per heavy atom. The van der Waals surface area contributed by atoms with Crippen LogP contribution in [0.4, 0.5) is 0 Å². The van der Waals surface area contributed by atoms with Crippen LogP contribution in [0.1, 0.15) is 19.4 Å². The van der Waals surface area contributed by atoms with Gasteiger partial charge in [0.2, 0.25) is 12.5 Å². The quantitative estimate of drug-likeness (QED) is 0.640. The minimum absolute atomic E-state index is 0.299. The maximum atomic E-state index is 5.60. The van der Waals surface area contributed by atoms with Gasteiger partial charge in [0.05, 0.1) is 25.2 Å². The van der Waals surface area contributed by atoms with E-state index in [2.05, 4.69) is 35.0 Å². The summed E-state index contributed by atoms with van der Waals surface area (Å²) in [6.07, 6.45) is 3.11. The average molecular weight is 366 g/mol. The Hall–Kier alpha value is -2.95. The van der Waals surface area contributed by atoms with E-state index in [-0.39, 0.29) is 0 Å². The Morgan fingerprint density at radius 3 is 2.48 bits per heavy atom. The second-order valence-electron chi connectivity index (χ2n) is 6.27. The largest absolute Gasteiger partial charge is 0.493 e. The predicted molar refractivity (Wildman–Crippen MR) is 104 cm³/mol. The third-order valence-corrected chi connectivity index (χ3v) is 5.00. The molecule has 0 saturated carbocycles. The van der Waals surface area contributed by atoms with E-state index in [1.54, 1.807) is 14.2 Å². The molecule has 0 unspecified atom stereocenters. The van der Waals surface area contributed by atoms with Gasteiger partial charge in [0.25, 0.3) is 0 Å². The van der Waals surface area contributed by atoms with Crippen molar-refractivity contribution in [3.05, 3.63) is 42.1 Å². The third kappa shape index (κ3) is 2.74. The van der Waals surface area contributed by atoms with Crippen molar-refractivity contribution in [1.29, 1.82) is 0 Å². The van der Waals surface area contributed by atoms with Gasteiger partial charge in [0, 0.05) is 12.5 Å². The van der Waals surface area contributed by atoms with Crippen molar-refractivity contribution in [2.24, 2.45) is 0 Å². The van der Waals surface area contributed by atoms with Crippen LogP contribution in [-0.2, 0) is 13.0 Å². The summed E-state index contributed by atoms with van der Waals surface area (Å²) in [5.41, 5.74) is 3.68. The molecule has 1 aromatic heterocycles. The number of rotatable bonds is 2. The second-order valence-corrected chi connectivity index (χ2v) is 6.27. The van der Waals surface area contributed by atoms with Crippen molar-refractivity contribution in [2.75, 3.05) is 21.0 Å². The lowest BCUT2D eigenvalue weighted by atomic mass is 9.95. The third-order valence-electron chi connectivity index (χ3n) is 5.00. The molecule has 2 aromatic carbocycles. The summed E-state index contributed by atoms with van der Waals surface area (Å²) in [5, 5.41) is 2.17. The van der Waals surface area contributed by atoms with E-state index >= 15 is 0 Å². The van der Waals surface area contributed by atoms with Crippen LogP contribution in [0.25, 0.3) is 22.0 Å². The molecule has 0 bridgehead atoms. The first-order chi connectivity index (χ1) is 13.3. The molecule has 2 aliphatic rings. The van der Waals surface area contributed by atoms with Gasteiger partial charge in [-0.25, -0.2) is 0 Å². The van der Waals surface area contributed by atoms with Gasteiger partial charge in [-0.05, 0) is 35.2 Å². The highest BCUT2D eigenvalue weighted by atomic mass is 16.7. The lowest BCUT2D eigenvalue weighted by Crippen LogP contribution is -2.40. The average Bonchev–Trinajstić information content (AvgIpc) is 3.18. The molecule has 0 saturated heterocycles. The molecule has 2 aliphatic heterocycles. The number of nitrogens with zero attached hydrogens (tertiary/aromatic N) is 1. The minimum atomic E-state index is 0.299. The number of benzene rings is 2. The molecule has 0 atom stereocenters. The molecule has 5 heteroatoms. The molecule has 3 aromatic rings. The minimum Gasteiger partial charge on any atom is -0.493 e. The van der Waals surface area contributed by atoms with Gasteiger partial charge >= 0.3 is 0 Å². The summed E-state index contributed by atoms with van der Waals surface area (Å²) in [6.45, 7) is 5.21. The van der Waals surface area contributed by atoms with E-state index in [1.807, 2.05) is 19.9 Å². The van der Waals surface area contributed by atoms with E-state index in [1.165, 1.54) is 16.8 Å². The molecule has 0 aliphatic carbocycles. The summed E-state index contributed by atoms with van der Waals surface area (Å²) < 4.78 is 24.4. The Bertz CT molecular complexity index is 1010. The molecule has 3 heterocycles. The maximum absolute atomic E-state index is 5.60. The van der Waals surface area contributed by atoms with Crippen LogP contribution >= 0.6 is 0 Å². The van der Waals surface area contributed by atoms with E-state index in [0.717, 1.165) is 46.7 Å². The molecule has 0 N–H and O–H groups in total. The maximum Gasteiger partial charge on any atom is 0.231 e. The fraction of sp³-hybridized carbons (Fsp3) is 0.318. The van der Waals surface area contributed by atoms with Crippen molar-refractivity contribution in [3.8, 4) is 34.3 Å². The first kappa shape index (κ1) is 17.5. The Balaban J connectivity index is 0.000000872. The van der Waals surface area contributed by atoms with E-state index in [4.69, 9.17) is 18.9 Å². The number of aryl methyl sites for hydroxylation is 2. The van der Waals surface area contributed by atoms with Gasteiger partial charge in [-0.2, -0.15) is 4.57 Å². The smallest absolute Gasteiger partial charge is 0.231 e. The zero-order valence-corrected chi connectivity index (χ0v) is 16.2. The van der Waals surface area contributed by atoms with Crippen LogP contribution in [0.5, 0.6) is 23.0 Å². The van der Waals surface area contributed by atoms with Crippen LogP contribution in [0.15, 0.2) is 36.5 Å². The van der Waals surface area contributed by atoms with Crippen molar-refractivity contribution in [2.45, 2.75) is 26.8 Å². The first-order valence-corrected chi connectivity index (χ1v) is 9.29. The number of hydrogen-bond donors (Lipinski definition) is 0. The SMILES string of the molecule is CC.COc1ccc2cc3[n+](cc2c1OC)CCc1cc2c(cc1-3)OCO2. The lowest BCUT2D eigenvalue weighted by molar-refractivity contribution is -0.686. The standard InChI is InChI=1S/C20H18NO4.C2H6/c1-22-17-4-3-12-7-16-14-9-19-18(24-11-25-19)8-13(14)5-6-21(16)10-15(12)20(17)23-2;1-2/h3-4,7-10H,5-6,11H2,1-2H3;1-2H3/q+1;. The molecular formula is C22H24NO4+. The molecule has 0 amide bonds. The summed E-state index contributed by atoms with van der Waals surface area (Å²) in [4.78, 5) is 0. The van der Waals surface area contributed by atoms with E-state index in [9.17, 15) is 0 Å².